The third-order valence-corrected chi connectivity index (χ3v) is 3.07. The minimum Gasteiger partial charge on any atom is -0.332 e. The van der Waals surface area contributed by atoms with Crippen molar-refractivity contribution in [3.63, 3.8) is 0 Å². The lowest BCUT2D eigenvalue weighted by atomic mass is 10.1. The number of aryl methyl sites for hydroxylation is 2. The predicted molar refractivity (Wildman–Crippen MR) is 90.0 cm³/mol. The number of hydrogen-bond acceptors (Lipinski definition) is 3. The number of hydrogen-bond donors (Lipinski definition) is 2. The maximum atomic E-state index is 11.4. The highest BCUT2D eigenvalue weighted by atomic mass is 32.1. The van der Waals surface area contributed by atoms with Crippen LogP contribution in [0.4, 0.5) is 11.5 Å². The van der Waals surface area contributed by atoms with Gasteiger partial charge < -0.3 is 10.6 Å². The molecule has 21 heavy (non-hydrogen) atoms. The van der Waals surface area contributed by atoms with Crippen LogP contribution in [0.3, 0.4) is 0 Å². The maximum absolute atomic E-state index is 11.4. The molecule has 0 saturated carbocycles. The van der Waals surface area contributed by atoms with Crippen LogP contribution in [0.1, 0.15) is 28.5 Å². The second-order valence-electron chi connectivity index (χ2n) is 4.89. The highest BCUT2D eigenvalue weighted by molar-refractivity contribution is 7.80. The molecule has 2 N–H and O–H groups in total. The molecule has 0 unspecified atom stereocenters. The number of ketones is 1. The number of Topliss-reactive ketones (excluding diaryl/α,β-unsaturated/α-hetero) is 1. The van der Waals surface area contributed by atoms with Crippen molar-refractivity contribution in [1.82, 2.24) is 4.98 Å². The lowest BCUT2D eigenvalue weighted by Crippen LogP contribution is -2.20. The van der Waals surface area contributed by atoms with Crippen molar-refractivity contribution in [3.05, 3.63) is 53.2 Å². The Morgan fingerprint density at radius 1 is 1.14 bits per heavy atom. The molecule has 4 nitrogen and oxygen atoms in total. The summed E-state index contributed by atoms with van der Waals surface area (Å²) in [6.45, 7) is 5.48. The molecule has 0 aliphatic rings. The Morgan fingerprint density at radius 3 is 2.57 bits per heavy atom. The smallest absolute Gasteiger partial charge is 0.176 e. The summed E-state index contributed by atoms with van der Waals surface area (Å²) < 4.78 is 0. The van der Waals surface area contributed by atoms with E-state index >= 15 is 0 Å². The van der Waals surface area contributed by atoms with E-state index in [1.807, 2.05) is 38.1 Å². The van der Waals surface area contributed by atoms with E-state index in [0.717, 1.165) is 16.9 Å². The van der Waals surface area contributed by atoms with Gasteiger partial charge in [0.2, 0.25) is 0 Å². The second kappa shape index (κ2) is 6.45. The molecule has 1 heterocycles. The number of aromatic nitrogens is 1. The Balaban J connectivity index is 2.08. The second-order valence-corrected chi connectivity index (χ2v) is 5.30. The number of thiocarbonyl (C=S) groups is 1. The minimum atomic E-state index is 0.0218. The van der Waals surface area contributed by atoms with E-state index in [0.29, 0.717) is 16.5 Å². The monoisotopic (exact) mass is 299 g/mol. The number of nitrogens with zero attached hydrogens (tertiary/aromatic N) is 1. The van der Waals surface area contributed by atoms with Gasteiger partial charge in [-0.2, -0.15) is 0 Å². The molecule has 0 atom stereocenters. The van der Waals surface area contributed by atoms with Crippen molar-refractivity contribution < 1.29 is 4.79 Å². The van der Waals surface area contributed by atoms with Crippen LogP contribution in [0.25, 0.3) is 0 Å². The van der Waals surface area contributed by atoms with Crippen LogP contribution in [0, 0.1) is 13.8 Å². The molecule has 2 aromatic rings. The quantitative estimate of drug-likeness (QED) is 0.668. The molecule has 108 valence electrons. The molecule has 0 saturated heterocycles. The van der Waals surface area contributed by atoms with Crippen LogP contribution in [0.5, 0.6) is 0 Å². The number of carbonyl (C=O) groups is 1. The summed E-state index contributed by atoms with van der Waals surface area (Å²) in [7, 11) is 0. The standard InChI is InChI=1S/C16H17N3OS/c1-10-7-11(2)17-15(8-10)19-16(21)18-14-6-4-5-13(9-14)12(3)20/h4-9H,1-3H3,(H2,17,18,19,21). The average molecular weight is 299 g/mol. The Hall–Kier alpha value is -2.27. The van der Waals surface area contributed by atoms with Gasteiger partial charge in [-0.25, -0.2) is 4.98 Å². The molecule has 1 aromatic carbocycles. The van der Waals surface area contributed by atoms with Crippen molar-refractivity contribution >= 4 is 34.6 Å². The number of anilines is 2. The number of pyridine rings is 1. The van der Waals surface area contributed by atoms with Crippen molar-refractivity contribution in [2.75, 3.05) is 10.6 Å². The first kappa shape index (κ1) is 15.1. The molecular formula is C16H17N3OS. The highest BCUT2D eigenvalue weighted by Crippen LogP contribution is 2.13. The first-order chi connectivity index (χ1) is 9.94. The van der Waals surface area contributed by atoms with Crippen molar-refractivity contribution in [3.8, 4) is 0 Å². The van der Waals surface area contributed by atoms with Crippen LogP contribution in [0.15, 0.2) is 36.4 Å². The molecule has 0 radical (unpaired) electrons. The lowest BCUT2D eigenvalue weighted by molar-refractivity contribution is 0.101. The van der Waals surface area contributed by atoms with E-state index in [-0.39, 0.29) is 5.78 Å². The van der Waals surface area contributed by atoms with Gasteiger partial charge >= 0.3 is 0 Å². The fourth-order valence-electron chi connectivity index (χ4n) is 2.00. The minimum absolute atomic E-state index is 0.0218. The molecule has 0 aliphatic carbocycles. The Labute approximate surface area is 129 Å². The van der Waals surface area contributed by atoms with E-state index in [9.17, 15) is 4.79 Å². The third kappa shape index (κ3) is 4.36. The van der Waals surface area contributed by atoms with Gasteiger partial charge in [0, 0.05) is 16.9 Å². The van der Waals surface area contributed by atoms with E-state index in [2.05, 4.69) is 15.6 Å². The van der Waals surface area contributed by atoms with E-state index < -0.39 is 0 Å². The summed E-state index contributed by atoms with van der Waals surface area (Å²) in [6, 6.07) is 11.1. The molecule has 0 fully saturated rings. The van der Waals surface area contributed by atoms with Gasteiger partial charge in [0.05, 0.1) is 0 Å². The first-order valence-corrected chi connectivity index (χ1v) is 6.99. The number of benzene rings is 1. The largest absolute Gasteiger partial charge is 0.332 e. The van der Waals surface area contributed by atoms with Gasteiger partial charge in [-0.3, -0.25) is 4.79 Å². The molecule has 0 aliphatic heterocycles. The third-order valence-electron chi connectivity index (χ3n) is 2.87. The van der Waals surface area contributed by atoms with Gasteiger partial charge in [-0.15, -0.1) is 0 Å². The van der Waals surface area contributed by atoms with E-state index in [4.69, 9.17) is 12.2 Å². The van der Waals surface area contributed by atoms with Crippen molar-refractivity contribution in [1.29, 1.82) is 0 Å². The van der Waals surface area contributed by atoms with E-state index in [1.54, 1.807) is 12.1 Å². The summed E-state index contributed by atoms with van der Waals surface area (Å²) in [5, 5.41) is 6.54. The summed E-state index contributed by atoms with van der Waals surface area (Å²) in [4.78, 5) is 15.7. The molecule has 0 bridgehead atoms. The fraction of sp³-hybridized carbons (Fsp3) is 0.188. The molecular weight excluding hydrogens is 282 g/mol. The van der Waals surface area contributed by atoms with Crippen molar-refractivity contribution in [2.45, 2.75) is 20.8 Å². The number of carbonyl (C=O) groups excluding carboxylic acids is 1. The number of rotatable bonds is 3. The normalized spacial score (nSPS) is 10.0. The van der Waals surface area contributed by atoms with E-state index in [1.165, 1.54) is 6.92 Å². The molecule has 2 rings (SSSR count). The first-order valence-electron chi connectivity index (χ1n) is 6.58. The molecule has 1 aromatic heterocycles. The SMILES string of the molecule is CC(=O)c1cccc(NC(=S)Nc2cc(C)cc(C)n2)c1. The lowest BCUT2D eigenvalue weighted by Gasteiger charge is -2.11. The zero-order valence-electron chi connectivity index (χ0n) is 12.2. The van der Waals surface area contributed by atoms with Crippen LogP contribution in [-0.4, -0.2) is 15.9 Å². The summed E-state index contributed by atoms with van der Waals surface area (Å²) in [6.07, 6.45) is 0. The predicted octanol–water partition coefficient (Wildman–Crippen LogP) is 3.71. The van der Waals surface area contributed by atoms with Crippen LogP contribution in [0.2, 0.25) is 0 Å². The summed E-state index contributed by atoms with van der Waals surface area (Å²) in [5.74, 6) is 0.723. The molecule has 5 heteroatoms. The highest BCUT2D eigenvalue weighted by Gasteiger charge is 2.04. The van der Waals surface area contributed by atoms with Gasteiger partial charge in [-0.05, 0) is 62.8 Å². The van der Waals surface area contributed by atoms with Gasteiger partial charge in [0.1, 0.15) is 5.82 Å². The Kier molecular flexibility index (Phi) is 4.65. The number of nitrogens with one attached hydrogen (secondary N) is 2. The molecule has 0 amide bonds. The van der Waals surface area contributed by atoms with Gasteiger partial charge in [0.15, 0.2) is 10.9 Å². The van der Waals surface area contributed by atoms with Crippen LogP contribution < -0.4 is 10.6 Å². The summed E-state index contributed by atoms with van der Waals surface area (Å²) in [5.41, 5.74) is 3.46. The zero-order valence-corrected chi connectivity index (χ0v) is 13.0. The van der Waals surface area contributed by atoms with Gasteiger partial charge in [-0.1, -0.05) is 12.1 Å². The van der Waals surface area contributed by atoms with Crippen molar-refractivity contribution in [2.24, 2.45) is 0 Å². The summed E-state index contributed by atoms with van der Waals surface area (Å²) >= 11 is 5.27. The Bertz CT molecular complexity index is 677. The zero-order chi connectivity index (χ0) is 15.4. The topological polar surface area (TPSA) is 54.0 Å². The average Bonchev–Trinajstić information content (AvgIpc) is 2.37. The Morgan fingerprint density at radius 2 is 1.90 bits per heavy atom. The molecule has 0 spiro atoms. The van der Waals surface area contributed by atoms with Crippen LogP contribution in [-0.2, 0) is 0 Å². The van der Waals surface area contributed by atoms with Gasteiger partial charge in [0.25, 0.3) is 0 Å². The fourth-order valence-corrected chi connectivity index (χ4v) is 2.22. The van der Waals surface area contributed by atoms with Crippen LogP contribution >= 0.6 is 12.2 Å². The maximum Gasteiger partial charge on any atom is 0.176 e.